The van der Waals surface area contributed by atoms with Gasteiger partial charge >= 0.3 is 0 Å². The highest BCUT2D eigenvalue weighted by Gasteiger charge is 1.99. The van der Waals surface area contributed by atoms with E-state index in [2.05, 4.69) is 60.5 Å². The molecule has 0 bridgehead atoms. The Balaban J connectivity index is 1.80. The summed E-state index contributed by atoms with van der Waals surface area (Å²) < 4.78 is 5.34. The molecule has 110 valence electrons. The summed E-state index contributed by atoms with van der Waals surface area (Å²) >= 11 is 0. The first-order chi connectivity index (χ1) is 10.3. The number of likely N-dealkylation sites (N-methyl/N-ethyl adjacent to an activating group) is 1. The van der Waals surface area contributed by atoms with Gasteiger partial charge in [-0.2, -0.15) is 0 Å². The van der Waals surface area contributed by atoms with Crippen LogP contribution in [0.2, 0.25) is 0 Å². The standard InChI is InChI=1S/C19H23NO/c1-20(16-14-17-9-4-3-5-10-17)15-8-12-18-11-6-7-13-19(18)21-2/h3-13H,14-16H2,1-2H3. The summed E-state index contributed by atoms with van der Waals surface area (Å²) in [6, 6.07) is 18.7. The Morgan fingerprint density at radius 3 is 2.48 bits per heavy atom. The zero-order chi connectivity index (χ0) is 14.9. The predicted octanol–water partition coefficient (Wildman–Crippen LogP) is 3.88. The molecular weight excluding hydrogens is 258 g/mol. The number of rotatable bonds is 7. The van der Waals surface area contributed by atoms with Crippen LogP contribution in [0.4, 0.5) is 0 Å². The number of methoxy groups -OCH3 is 1. The Kier molecular flexibility index (Phi) is 6.04. The molecule has 0 aliphatic rings. The smallest absolute Gasteiger partial charge is 0.126 e. The van der Waals surface area contributed by atoms with E-state index in [0.717, 1.165) is 30.8 Å². The summed E-state index contributed by atoms with van der Waals surface area (Å²) in [5, 5.41) is 0. The molecule has 0 aliphatic heterocycles. The molecule has 0 aromatic heterocycles. The molecule has 0 amide bonds. The normalized spacial score (nSPS) is 11.2. The Labute approximate surface area is 127 Å². The van der Waals surface area contributed by atoms with Crippen LogP contribution in [0.25, 0.3) is 6.08 Å². The average molecular weight is 281 g/mol. The van der Waals surface area contributed by atoms with Gasteiger partial charge in [0, 0.05) is 18.7 Å². The minimum absolute atomic E-state index is 0.917. The van der Waals surface area contributed by atoms with Crippen LogP contribution in [-0.2, 0) is 6.42 Å². The van der Waals surface area contributed by atoms with Gasteiger partial charge < -0.3 is 9.64 Å². The van der Waals surface area contributed by atoms with Crippen molar-refractivity contribution in [3.8, 4) is 5.75 Å². The van der Waals surface area contributed by atoms with Crippen molar-refractivity contribution in [3.63, 3.8) is 0 Å². The maximum atomic E-state index is 5.34. The zero-order valence-corrected chi connectivity index (χ0v) is 12.8. The quantitative estimate of drug-likeness (QED) is 0.763. The van der Waals surface area contributed by atoms with Gasteiger partial charge in [0.2, 0.25) is 0 Å². The molecule has 2 rings (SSSR count). The fraction of sp³-hybridized carbons (Fsp3) is 0.263. The second kappa shape index (κ2) is 8.28. The molecule has 0 heterocycles. The van der Waals surface area contributed by atoms with Crippen molar-refractivity contribution in [2.45, 2.75) is 6.42 Å². The van der Waals surface area contributed by atoms with Crippen LogP contribution >= 0.6 is 0 Å². The van der Waals surface area contributed by atoms with Crippen LogP contribution in [0.3, 0.4) is 0 Å². The molecule has 0 atom stereocenters. The fourth-order valence-electron chi connectivity index (χ4n) is 2.22. The third-order valence-electron chi connectivity index (χ3n) is 3.48. The summed E-state index contributed by atoms with van der Waals surface area (Å²) in [4.78, 5) is 2.32. The first kappa shape index (κ1) is 15.3. The molecule has 0 unspecified atom stereocenters. The molecule has 2 heteroatoms. The molecular formula is C19H23NO. The Hall–Kier alpha value is -2.06. The van der Waals surface area contributed by atoms with Crippen molar-refractivity contribution >= 4 is 6.08 Å². The Bertz CT molecular complexity index is 563. The van der Waals surface area contributed by atoms with E-state index in [0.29, 0.717) is 0 Å². The van der Waals surface area contributed by atoms with E-state index in [-0.39, 0.29) is 0 Å². The van der Waals surface area contributed by atoms with Crippen molar-refractivity contribution in [3.05, 3.63) is 71.8 Å². The molecule has 0 aliphatic carbocycles. The van der Waals surface area contributed by atoms with Crippen molar-refractivity contribution in [2.75, 3.05) is 27.2 Å². The third-order valence-corrected chi connectivity index (χ3v) is 3.48. The number of nitrogens with zero attached hydrogens (tertiary/aromatic N) is 1. The van der Waals surface area contributed by atoms with Crippen LogP contribution in [-0.4, -0.2) is 32.1 Å². The highest BCUT2D eigenvalue weighted by Crippen LogP contribution is 2.18. The summed E-state index contributed by atoms with van der Waals surface area (Å²) in [5.74, 6) is 0.917. The SMILES string of the molecule is COc1ccccc1C=CCN(C)CCc1ccccc1. The molecule has 0 fully saturated rings. The Morgan fingerprint density at radius 1 is 1.00 bits per heavy atom. The fourth-order valence-corrected chi connectivity index (χ4v) is 2.22. The van der Waals surface area contributed by atoms with Gasteiger partial charge in [-0.1, -0.05) is 60.7 Å². The lowest BCUT2D eigenvalue weighted by atomic mass is 10.1. The molecule has 0 radical (unpaired) electrons. The lowest BCUT2D eigenvalue weighted by Crippen LogP contribution is -2.21. The monoisotopic (exact) mass is 281 g/mol. The maximum absolute atomic E-state index is 5.34. The van der Waals surface area contributed by atoms with E-state index in [1.54, 1.807) is 7.11 Å². The molecule has 0 spiro atoms. The number of para-hydroxylation sites is 1. The van der Waals surface area contributed by atoms with E-state index in [1.165, 1.54) is 5.56 Å². The molecule has 0 saturated heterocycles. The third kappa shape index (κ3) is 5.09. The number of hydrogen-bond acceptors (Lipinski definition) is 2. The molecule has 2 aromatic rings. The highest BCUT2D eigenvalue weighted by molar-refractivity contribution is 5.57. The van der Waals surface area contributed by atoms with Gasteiger partial charge in [-0.05, 0) is 25.1 Å². The maximum Gasteiger partial charge on any atom is 0.126 e. The van der Waals surface area contributed by atoms with Crippen LogP contribution in [0.1, 0.15) is 11.1 Å². The van der Waals surface area contributed by atoms with Gasteiger partial charge in [0.25, 0.3) is 0 Å². The van der Waals surface area contributed by atoms with Gasteiger partial charge in [-0.3, -0.25) is 0 Å². The first-order valence-electron chi connectivity index (χ1n) is 7.31. The first-order valence-corrected chi connectivity index (χ1v) is 7.31. The van der Waals surface area contributed by atoms with Crippen LogP contribution < -0.4 is 4.74 Å². The van der Waals surface area contributed by atoms with Gasteiger partial charge in [0.05, 0.1) is 7.11 Å². The molecule has 0 saturated carbocycles. The van der Waals surface area contributed by atoms with Crippen molar-refractivity contribution in [1.29, 1.82) is 0 Å². The lowest BCUT2D eigenvalue weighted by molar-refractivity contribution is 0.375. The van der Waals surface area contributed by atoms with Gasteiger partial charge in [-0.15, -0.1) is 0 Å². The Morgan fingerprint density at radius 2 is 1.71 bits per heavy atom. The van der Waals surface area contributed by atoms with Crippen LogP contribution in [0.5, 0.6) is 5.75 Å². The number of hydrogen-bond donors (Lipinski definition) is 0. The minimum Gasteiger partial charge on any atom is -0.496 e. The van der Waals surface area contributed by atoms with Crippen LogP contribution in [0.15, 0.2) is 60.7 Å². The van der Waals surface area contributed by atoms with Crippen LogP contribution in [0, 0.1) is 0 Å². The van der Waals surface area contributed by atoms with E-state index < -0.39 is 0 Å². The van der Waals surface area contributed by atoms with Gasteiger partial charge in [0.1, 0.15) is 5.75 Å². The molecule has 2 aromatic carbocycles. The minimum atomic E-state index is 0.917. The summed E-state index contributed by atoms with van der Waals surface area (Å²) in [6.45, 7) is 1.99. The lowest BCUT2D eigenvalue weighted by Gasteiger charge is -2.14. The van der Waals surface area contributed by atoms with Crippen molar-refractivity contribution in [1.82, 2.24) is 4.90 Å². The molecule has 21 heavy (non-hydrogen) atoms. The molecule has 2 nitrogen and oxygen atoms in total. The average Bonchev–Trinajstić information content (AvgIpc) is 2.54. The van der Waals surface area contributed by atoms with Crippen molar-refractivity contribution in [2.24, 2.45) is 0 Å². The van der Waals surface area contributed by atoms with Gasteiger partial charge in [0.15, 0.2) is 0 Å². The topological polar surface area (TPSA) is 12.5 Å². The van der Waals surface area contributed by atoms with E-state index in [9.17, 15) is 0 Å². The summed E-state index contributed by atoms with van der Waals surface area (Å²) in [5.41, 5.74) is 2.51. The summed E-state index contributed by atoms with van der Waals surface area (Å²) in [6.07, 6.45) is 5.39. The van der Waals surface area contributed by atoms with Crippen molar-refractivity contribution < 1.29 is 4.74 Å². The van der Waals surface area contributed by atoms with E-state index in [1.807, 2.05) is 18.2 Å². The number of ether oxygens (including phenoxy) is 1. The largest absolute Gasteiger partial charge is 0.496 e. The zero-order valence-electron chi connectivity index (χ0n) is 12.8. The second-order valence-corrected chi connectivity index (χ2v) is 5.14. The number of benzene rings is 2. The second-order valence-electron chi connectivity index (χ2n) is 5.14. The predicted molar refractivity (Wildman–Crippen MR) is 89.7 cm³/mol. The van der Waals surface area contributed by atoms with E-state index >= 15 is 0 Å². The van der Waals surface area contributed by atoms with E-state index in [4.69, 9.17) is 4.74 Å². The summed E-state index contributed by atoms with van der Waals surface area (Å²) in [7, 11) is 3.86. The highest BCUT2D eigenvalue weighted by atomic mass is 16.5. The molecule has 0 N–H and O–H groups in total. The van der Waals surface area contributed by atoms with Gasteiger partial charge in [-0.25, -0.2) is 0 Å².